The molecular formula is C18H28N2O5. The molecule has 7 heteroatoms. The van der Waals surface area contributed by atoms with E-state index >= 15 is 0 Å². The maximum atomic E-state index is 11.7. The molecule has 0 saturated carbocycles. The predicted molar refractivity (Wildman–Crippen MR) is 95.1 cm³/mol. The summed E-state index contributed by atoms with van der Waals surface area (Å²) in [5, 5.41) is 5.33. The van der Waals surface area contributed by atoms with Gasteiger partial charge < -0.3 is 24.8 Å². The lowest BCUT2D eigenvalue weighted by atomic mass is 10.1. The number of rotatable bonds is 11. The molecule has 0 bridgehead atoms. The average Bonchev–Trinajstić information content (AvgIpc) is 2.58. The van der Waals surface area contributed by atoms with Crippen LogP contribution in [0.5, 0.6) is 11.5 Å². The molecule has 25 heavy (non-hydrogen) atoms. The molecule has 0 spiro atoms. The minimum atomic E-state index is -0.506. The first kappa shape index (κ1) is 20.6. The fraction of sp³-hybridized carbons (Fsp3) is 0.556. The highest BCUT2D eigenvalue weighted by Crippen LogP contribution is 2.28. The van der Waals surface area contributed by atoms with Gasteiger partial charge in [-0.15, -0.1) is 0 Å². The minimum Gasteiger partial charge on any atom is -0.490 e. The number of alkyl carbamates (subject to hydrolysis) is 1. The number of nitrogens with one attached hydrogen (secondary N) is 2. The summed E-state index contributed by atoms with van der Waals surface area (Å²) in [5.41, 5.74) is 1.05. The fourth-order valence-electron chi connectivity index (χ4n) is 2.15. The summed E-state index contributed by atoms with van der Waals surface area (Å²) < 4.78 is 15.8. The van der Waals surface area contributed by atoms with Gasteiger partial charge in [-0.05, 0) is 44.9 Å². The van der Waals surface area contributed by atoms with Crippen LogP contribution < -0.4 is 20.1 Å². The lowest BCUT2D eigenvalue weighted by Gasteiger charge is -2.12. The molecule has 0 radical (unpaired) electrons. The molecule has 0 heterocycles. The summed E-state index contributed by atoms with van der Waals surface area (Å²) in [4.78, 5) is 22.8. The SMILES string of the molecule is CCOC(=O)NCCC(=O)NCCc1ccc(OCC)c(OCC)c1. The van der Waals surface area contributed by atoms with Crippen molar-refractivity contribution in [3.8, 4) is 11.5 Å². The number of carbonyl (C=O) groups excluding carboxylic acids is 2. The molecule has 0 aromatic heterocycles. The van der Waals surface area contributed by atoms with Crippen LogP contribution in [-0.4, -0.2) is 44.9 Å². The van der Waals surface area contributed by atoms with E-state index in [0.717, 1.165) is 11.3 Å². The zero-order valence-corrected chi connectivity index (χ0v) is 15.2. The number of carbonyl (C=O) groups is 2. The van der Waals surface area contributed by atoms with Gasteiger partial charge in [-0.2, -0.15) is 0 Å². The van der Waals surface area contributed by atoms with E-state index in [4.69, 9.17) is 14.2 Å². The Morgan fingerprint density at radius 1 is 0.920 bits per heavy atom. The van der Waals surface area contributed by atoms with E-state index in [1.165, 1.54) is 0 Å². The van der Waals surface area contributed by atoms with E-state index in [-0.39, 0.29) is 18.9 Å². The molecular weight excluding hydrogens is 324 g/mol. The van der Waals surface area contributed by atoms with Crippen LogP contribution in [0.4, 0.5) is 4.79 Å². The quantitative estimate of drug-likeness (QED) is 0.638. The van der Waals surface area contributed by atoms with Gasteiger partial charge in [0, 0.05) is 19.5 Å². The Bertz CT molecular complexity index is 548. The number of ether oxygens (including phenoxy) is 3. The van der Waals surface area contributed by atoms with Crippen molar-refractivity contribution in [3.63, 3.8) is 0 Å². The number of benzene rings is 1. The van der Waals surface area contributed by atoms with Crippen molar-refractivity contribution < 1.29 is 23.8 Å². The van der Waals surface area contributed by atoms with Crippen LogP contribution in [0, 0.1) is 0 Å². The second-order valence-electron chi connectivity index (χ2n) is 5.14. The van der Waals surface area contributed by atoms with Crippen molar-refractivity contribution in [1.82, 2.24) is 10.6 Å². The Labute approximate surface area is 149 Å². The van der Waals surface area contributed by atoms with Gasteiger partial charge in [0.25, 0.3) is 0 Å². The standard InChI is InChI=1S/C18H28N2O5/c1-4-23-15-8-7-14(13-16(15)24-5-2)9-11-19-17(21)10-12-20-18(22)25-6-3/h7-8,13H,4-6,9-12H2,1-3H3,(H,19,21)(H,20,22). The van der Waals surface area contributed by atoms with E-state index in [0.29, 0.717) is 38.5 Å². The molecule has 2 N–H and O–H groups in total. The highest BCUT2D eigenvalue weighted by molar-refractivity contribution is 5.77. The van der Waals surface area contributed by atoms with Crippen LogP contribution in [0.15, 0.2) is 18.2 Å². The summed E-state index contributed by atoms with van der Waals surface area (Å²) in [6, 6.07) is 5.78. The first-order valence-corrected chi connectivity index (χ1v) is 8.66. The lowest BCUT2D eigenvalue weighted by Crippen LogP contribution is -2.31. The van der Waals surface area contributed by atoms with E-state index in [1.54, 1.807) is 6.92 Å². The number of amides is 2. The van der Waals surface area contributed by atoms with Gasteiger partial charge in [-0.1, -0.05) is 6.07 Å². The van der Waals surface area contributed by atoms with Crippen LogP contribution in [0.25, 0.3) is 0 Å². The lowest BCUT2D eigenvalue weighted by molar-refractivity contribution is -0.120. The molecule has 1 aromatic carbocycles. The molecule has 1 aromatic rings. The Balaban J connectivity index is 2.36. The van der Waals surface area contributed by atoms with E-state index in [9.17, 15) is 9.59 Å². The highest BCUT2D eigenvalue weighted by atomic mass is 16.5. The smallest absolute Gasteiger partial charge is 0.407 e. The van der Waals surface area contributed by atoms with Crippen molar-refractivity contribution in [2.75, 3.05) is 32.9 Å². The Morgan fingerprint density at radius 2 is 1.64 bits per heavy atom. The first-order valence-electron chi connectivity index (χ1n) is 8.66. The Hall–Kier alpha value is -2.44. The predicted octanol–water partition coefficient (Wildman–Crippen LogP) is 2.28. The van der Waals surface area contributed by atoms with Gasteiger partial charge in [0.05, 0.1) is 19.8 Å². The summed E-state index contributed by atoms with van der Waals surface area (Å²) >= 11 is 0. The molecule has 0 unspecified atom stereocenters. The van der Waals surface area contributed by atoms with Gasteiger partial charge in [0.2, 0.25) is 5.91 Å². The van der Waals surface area contributed by atoms with E-state index in [1.807, 2.05) is 32.0 Å². The molecule has 0 aliphatic heterocycles. The topological polar surface area (TPSA) is 85.9 Å². The summed E-state index contributed by atoms with van der Waals surface area (Å²) in [5.74, 6) is 1.32. The molecule has 0 saturated heterocycles. The Kier molecular flexibility index (Phi) is 9.89. The van der Waals surface area contributed by atoms with Gasteiger partial charge >= 0.3 is 6.09 Å². The maximum absolute atomic E-state index is 11.7. The van der Waals surface area contributed by atoms with Crippen LogP contribution >= 0.6 is 0 Å². The van der Waals surface area contributed by atoms with Crippen LogP contribution in [0.3, 0.4) is 0 Å². The molecule has 0 aliphatic carbocycles. The molecule has 0 aliphatic rings. The van der Waals surface area contributed by atoms with Crippen molar-refractivity contribution in [3.05, 3.63) is 23.8 Å². The van der Waals surface area contributed by atoms with Gasteiger partial charge in [0.1, 0.15) is 0 Å². The number of hydrogen-bond acceptors (Lipinski definition) is 5. The second-order valence-corrected chi connectivity index (χ2v) is 5.14. The largest absolute Gasteiger partial charge is 0.490 e. The van der Waals surface area contributed by atoms with Gasteiger partial charge in [-0.25, -0.2) is 4.79 Å². The summed E-state index contributed by atoms with van der Waals surface area (Å²) in [6.45, 7) is 7.79. The van der Waals surface area contributed by atoms with E-state index < -0.39 is 6.09 Å². The molecule has 140 valence electrons. The molecule has 7 nitrogen and oxygen atoms in total. The molecule has 0 atom stereocenters. The molecule has 0 fully saturated rings. The first-order chi connectivity index (χ1) is 12.1. The van der Waals surface area contributed by atoms with Crippen molar-refractivity contribution in [2.45, 2.75) is 33.6 Å². The third-order valence-corrected chi connectivity index (χ3v) is 3.24. The van der Waals surface area contributed by atoms with Crippen LogP contribution in [0.2, 0.25) is 0 Å². The summed E-state index contributed by atoms with van der Waals surface area (Å²) in [6.07, 6.45) is 0.392. The monoisotopic (exact) mass is 352 g/mol. The summed E-state index contributed by atoms with van der Waals surface area (Å²) in [7, 11) is 0. The maximum Gasteiger partial charge on any atom is 0.407 e. The van der Waals surface area contributed by atoms with Gasteiger partial charge in [-0.3, -0.25) is 4.79 Å². The number of hydrogen-bond donors (Lipinski definition) is 2. The normalized spacial score (nSPS) is 10.0. The third-order valence-electron chi connectivity index (χ3n) is 3.24. The van der Waals surface area contributed by atoms with Gasteiger partial charge in [0.15, 0.2) is 11.5 Å². The van der Waals surface area contributed by atoms with E-state index in [2.05, 4.69) is 10.6 Å². The molecule has 1 rings (SSSR count). The van der Waals surface area contributed by atoms with Crippen LogP contribution in [0.1, 0.15) is 32.8 Å². The molecule has 2 amide bonds. The van der Waals surface area contributed by atoms with Crippen molar-refractivity contribution >= 4 is 12.0 Å². The Morgan fingerprint density at radius 3 is 2.32 bits per heavy atom. The zero-order chi connectivity index (χ0) is 18.5. The third kappa shape index (κ3) is 8.28. The second kappa shape index (κ2) is 12.0. The van der Waals surface area contributed by atoms with Crippen molar-refractivity contribution in [1.29, 1.82) is 0 Å². The average molecular weight is 352 g/mol. The van der Waals surface area contributed by atoms with Crippen LogP contribution in [-0.2, 0) is 16.0 Å². The zero-order valence-electron chi connectivity index (χ0n) is 15.2. The van der Waals surface area contributed by atoms with Crippen molar-refractivity contribution in [2.24, 2.45) is 0 Å². The minimum absolute atomic E-state index is 0.118. The fourth-order valence-corrected chi connectivity index (χ4v) is 2.15. The highest BCUT2D eigenvalue weighted by Gasteiger charge is 2.07.